The highest BCUT2D eigenvalue weighted by atomic mass is 19.4. The second-order valence-corrected chi connectivity index (χ2v) is 6.57. The number of benzene rings is 2. The number of hydrogen-bond acceptors (Lipinski definition) is 5. The van der Waals surface area contributed by atoms with Gasteiger partial charge < -0.3 is 15.2 Å². The predicted octanol–water partition coefficient (Wildman–Crippen LogP) is 3.38. The number of hydrazone groups is 1. The lowest BCUT2D eigenvalue weighted by molar-refractivity contribution is -0.137. The molecule has 0 aromatic heterocycles. The third-order valence-electron chi connectivity index (χ3n) is 4.35. The number of rotatable bonds is 6. The number of carbonyl (C=O) groups is 2. The van der Waals surface area contributed by atoms with Crippen LogP contribution in [0.2, 0.25) is 0 Å². The Hall–Kier alpha value is -3.82. The molecule has 0 unspecified atom stereocenters. The minimum Gasteiger partial charge on any atom is -0.493 e. The van der Waals surface area contributed by atoms with Crippen LogP contribution in [0, 0.1) is 0 Å². The smallest absolute Gasteiger partial charge is 0.416 e. The fourth-order valence-electron chi connectivity index (χ4n) is 2.88. The highest BCUT2D eigenvalue weighted by Crippen LogP contribution is 2.34. The molecule has 31 heavy (non-hydrogen) atoms. The van der Waals surface area contributed by atoms with Crippen molar-refractivity contribution in [3.05, 3.63) is 59.2 Å². The van der Waals surface area contributed by atoms with E-state index in [1.165, 1.54) is 25.3 Å². The van der Waals surface area contributed by atoms with E-state index in [2.05, 4.69) is 5.10 Å². The quantitative estimate of drug-likeness (QED) is 0.707. The summed E-state index contributed by atoms with van der Waals surface area (Å²) in [5.74, 6) is -0.612. The van der Waals surface area contributed by atoms with E-state index in [9.17, 15) is 22.8 Å². The van der Waals surface area contributed by atoms with E-state index >= 15 is 0 Å². The zero-order valence-corrected chi connectivity index (χ0v) is 16.6. The molecule has 0 spiro atoms. The van der Waals surface area contributed by atoms with Crippen LogP contribution in [-0.4, -0.2) is 31.2 Å². The van der Waals surface area contributed by atoms with E-state index in [1.54, 1.807) is 25.1 Å². The number of primary amides is 1. The number of ether oxygens (including phenoxy) is 2. The molecule has 0 bridgehead atoms. The Bertz CT molecular complexity index is 1090. The van der Waals surface area contributed by atoms with Gasteiger partial charge in [-0.2, -0.15) is 23.3 Å². The molecule has 1 aliphatic rings. The molecule has 0 atom stereocenters. The molecule has 1 aliphatic heterocycles. The Kier molecular flexibility index (Phi) is 6.00. The predicted molar refractivity (Wildman–Crippen MR) is 108 cm³/mol. The number of hydrogen-bond donors (Lipinski definition) is 1. The summed E-state index contributed by atoms with van der Waals surface area (Å²) in [6.45, 7) is 1.26. The SMILES string of the molecule is COc1cc(C=C2C(=O)N(c3cccc(C(F)(F)F)c3)N=C2C)ccc1OCC(N)=O. The molecular weight excluding hydrogens is 415 g/mol. The molecule has 0 saturated carbocycles. The van der Waals surface area contributed by atoms with E-state index in [4.69, 9.17) is 15.2 Å². The minimum absolute atomic E-state index is 0.00959. The zero-order valence-electron chi connectivity index (χ0n) is 16.6. The van der Waals surface area contributed by atoms with Crippen LogP contribution in [-0.2, 0) is 15.8 Å². The third-order valence-corrected chi connectivity index (χ3v) is 4.35. The molecule has 2 N–H and O–H groups in total. The molecule has 162 valence electrons. The number of halogens is 3. The lowest BCUT2D eigenvalue weighted by Crippen LogP contribution is -2.21. The Balaban J connectivity index is 1.89. The summed E-state index contributed by atoms with van der Waals surface area (Å²) < 4.78 is 49.5. The highest BCUT2D eigenvalue weighted by molar-refractivity contribution is 6.32. The Morgan fingerprint density at radius 2 is 1.94 bits per heavy atom. The normalized spacial score (nSPS) is 15.3. The average molecular weight is 433 g/mol. The fourth-order valence-corrected chi connectivity index (χ4v) is 2.88. The lowest BCUT2D eigenvalue weighted by atomic mass is 10.1. The van der Waals surface area contributed by atoms with E-state index < -0.39 is 23.6 Å². The summed E-state index contributed by atoms with van der Waals surface area (Å²) in [6.07, 6.45) is -3.00. The molecule has 2 amide bonds. The van der Waals surface area contributed by atoms with Crippen molar-refractivity contribution in [2.24, 2.45) is 10.8 Å². The van der Waals surface area contributed by atoms with Gasteiger partial charge in [-0.3, -0.25) is 9.59 Å². The average Bonchev–Trinajstić information content (AvgIpc) is 3.00. The maximum atomic E-state index is 13.0. The van der Waals surface area contributed by atoms with Gasteiger partial charge >= 0.3 is 6.18 Å². The highest BCUT2D eigenvalue weighted by Gasteiger charge is 2.33. The van der Waals surface area contributed by atoms with Gasteiger partial charge in [0.15, 0.2) is 18.1 Å². The minimum atomic E-state index is -4.54. The second-order valence-electron chi connectivity index (χ2n) is 6.57. The van der Waals surface area contributed by atoms with Gasteiger partial charge in [0.25, 0.3) is 11.8 Å². The van der Waals surface area contributed by atoms with Crippen LogP contribution in [0.4, 0.5) is 18.9 Å². The van der Waals surface area contributed by atoms with Crippen molar-refractivity contribution >= 4 is 29.3 Å². The van der Waals surface area contributed by atoms with Gasteiger partial charge in [0.2, 0.25) is 0 Å². The van der Waals surface area contributed by atoms with Gasteiger partial charge in [-0.15, -0.1) is 0 Å². The lowest BCUT2D eigenvalue weighted by Gasteiger charge is -2.14. The summed E-state index contributed by atoms with van der Waals surface area (Å²) in [4.78, 5) is 23.7. The molecule has 2 aromatic rings. The number of nitrogens with zero attached hydrogens (tertiary/aromatic N) is 2. The molecule has 7 nitrogen and oxygen atoms in total. The first-order valence-electron chi connectivity index (χ1n) is 8.98. The van der Waals surface area contributed by atoms with Gasteiger partial charge in [0, 0.05) is 0 Å². The number of carbonyl (C=O) groups excluding carboxylic acids is 2. The number of methoxy groups -OCH3 is 1. The van der Waals surface area contributed by atoms with Crippen molar-refractivity contribution in [2.75, 3.05) is 18.7 Å². The van der Waals surface area contributed by atoms with Crippen molar-refractivity contribution in [1.29, 1.82) is 0 Å². The molecule has 10 heteroatoms. The van der Waals surface area contributed by atoms with Crippen LogP contribution in [0.5, 0.6) is 11.5 Å². The molecule has 2 aromatic carbocycles. The number of nitrogens with two attached hydrogens (primary N) is 1. The van der Waals surface area contributed by atoms with Crippen molar-refractivity contribution in [3.63, 3.8) is 0 Å². The second kappa shape index (κ2) is 8.50. The Morgan fingerprint density at radius 3 is 2.58 bits per heavy atom. The molecule has 0 aliphatic carbocycles. The first kappa shape index (κ1) is 21.9. The number of amides is 2. The van der Waals surface area contributed by atoms with Gasteiger partial charge in [-0.05, 0) is 48.9 Å². The zero-order chi connectivity index (χ0) is 22.8. The van der Waals surface area contributed by atoms with Gasteiger partial charge in [-0.1, -0.05) is 12.1 Å². The third kappa shape index (κ3) is 4.85. The van der Waals surface area contributed by atoms with Crippen molar-refractivity contribution in [3.8, 4) is 11.5 Å². The van der Waals surface area contributed by atoms with Crippen LogP contribution < -0.4 is 20.2 Å². The molecule has 0 fully saturated rings. The van der Waals surface area contributed by atoms with Gasteiger partial charge in [0.05, 0.1) is 29.6 Å². The largest absolute Gasteiger partial charge is 0.493 e. The summed E-state index contributed by atoms with van der Waals surface area (Å²) in [5, 5.41) is 5.04. The Labute approximate surface area is 175 Å². The summed E-state index contributed by atoms with van der Waals surface area (Å²) in [5.41, 5.74) is 5.32. The summed E-state index contributed by atoms with van der Waals surface area (Å²) in [7, 11) is 1.41. The maximum absolute atomic E-state index is 13.0. The first-order valence-corrected chi connectivity index (χ1v) is 8.98. The van der Waals surface area contributed by atoms with Gasteiger partial charge in [0.1, 0.15) is 0 Å². The van der Waals surface area contributed by atoms with Crippen molar-refractivity contribution < 1.29 is 32.2 Å². The van der Waals surface area contributed by atoms with E-state index in [0.717, 1.165) is 17.1 Å². The standard InChI is InChI=1S/C21H18F3N3O4/c1-12-16(8-13-6-7-17(18(9-13)30-2)31-11-19(25)28)20(29)27(26-12)15-5-3-4-14(10-15)21(22,23)24/h3-10H,11H2,1-2H3,(H2,25,28). The van der Waals surface area contributed by atoms with E-state index in [-0.39, 0.29) is 23.6 Å². The van der Waals surface area contributed by atoms with Crippen LogP contribution in [0.25, 0.3) is 6.08 Å². The van der Waals surface area contributed by atoms with Crippen LogP contribution >= 0.6 is 0 Å². The van der Waals surface area contributed by atoms with E-state index in [1.807, 2.05) is 0 Å². The first-order chi connectivity index (χ1) is 14.6. The fraction of sp³-hybridized carbons (Fsp3) is 0.190. The molecule has 1 heterocycles. The van der Waals surface area contributed by atoms with Crippen molar-refractivity contribution in [1.82, 2.24) is 0 Å². The number of anilines is 1. The number of alkyl halides is 3. The van der Waals surface area contributed by atoms with E-state index in [0.29, 0.717) is 17.0 Å². The van der Waals surface area contributed by atoms with Crippen LogP contribution in [0.1, 0.15) is 18.1 Å². The van der Waals surface area contributed by atoms with Gasteiger partial charge in [-0.25, -0.2) is 0 Å². The maximum Gasteiger partial charge on any atom is 0.416 e. The van der Waals surface area contributed by atoms with Crippen LogP contribution in [0.3, 0.4) is 0 Å². The topological polar surface area (TPSA) is 94.2 Å². The molecule has 3 rings (SSSR count). The molecule has 0 radical (unpaired) electrons. The van der Waals surface area contributed by atoms with Crippen molar-refractivity contribution in [2.45, 2.75) is 13.1 Å². The summed E-state index contributed by atoms with van der Waals surface area (Å²) in [6, 6.07) is 9.13. The van der Waals surface area contributed by atoms with Crippen LogP contribution in [0.15, 0.2) is 53.1 Å². The Morgan fingerprint density at radius 1 is 1.19 bits per heavy atom. The monoisotopic (exact) mass is 433 g/mol. The molecule has 0 saturated heterocycles. The molecular formula is C21H18F3N3O4. The summed E-state index contributed by atoms with van der Waals surface area (Å²) >= 11 is 0.